The molecule has 61 heavy (non-hydrogen) atoms. The molecule has 314 valence electrons. The van der Waals surface area contributed by atoms with E-state index < -0.39 is 16.2 Å². The van der Waals surface area contributed by atoms with E-state index in [4.69, 9.17) is 41.3 Å². The highest BCUT2D eigenvalue weighted by molar-refractivity contribution is 7.80. The Hall–Kier alpha value is -5.05. The van der Waals surface area contributed by atoms with Gasteiger partial charge in [-0.3, -0.25) is 4.52 Å². The van der Waals surface area contributed by atoms with Crippen molar-refractivity contribution in [2.24, 2.45) is 0 Å². The van der Waals surface area contributed by atoms with E-state index in [0.29, 0.717) is 79.3 Å². The summed E-state index contributed by atoms with van der Waals surface area (Å²) < 4.78 is 53.6. The fourth-order valence-corrected chi connectivity index (χ4v) is 10.5. The number of para-hydroxylation sites is 1. The van der Waals surface area contributed by atoms with Crippen molar-refractivity contribution in [3.05, 3.63) is 158 Å². The predicted octanol–water partition coefficient (Wildman–Crippen LogP) is 9.95. The van der Waals surface area contributed by atoms with Gasteiger partial charge in [-0.2, -0.15) is 0 Å². The van der Waals surface area contributed by atoms with Crippen LogP contribution in [0.25, 0.3) is 43.5 Å². The lowest BCUT2D eigenvalue weighted by molar-refractivity contribution is -0.0136. The van der Waals surface area contributed by atoms with E-state index in [1.54, 1.807) is 0 Å². The summed E-state index contributed by atoms with van der Waals surface area (Å²) >= 11 is 0. The van der Waals surface area contributed by atoms with E-state index in [1.807, 2.05) is 36.4 Å². The molecule has 0 aliphatic rings. The molecule has 0 bridgehead atoms. The third-order valence-electron chi connectivity index (χ3n) is 9.91. The van der Waals surface area contributed by atoms with Crippen LogP contribution in [0.5, 0.6) is 5.75 Å². The van der Waals surface area contributed by atoms with Crippen LogP contribution in [-0.2, 0) is 23.7 Å². The topological polar surface area (TPSA) is 90.9 Å². The van der Waals surface area contributed by atoms with Crippen molar-refractivity contribution in [2.45, 2.75) is 0 Å². The minimum absolute atomic E-state index is 0.319. The van der Waals surface area contributed by atoms with Gasteiger partial charge in [-0.05, 0) is 58.3 Å². The van der Waals surface area contributed by atoms with Gasteiger partial charge in [0.2, 0.25) is 0 Å². The zero-order valence-electron chi connectivity index (χ0n) is 34.1. The van der Waals surface area contributed by atoms with Crippen molar-refractivity contribution in [1.29, 1.82) is 0 Å². The molecule has 8 rings (SSSR count). The van der Waals surface area contributed by atoms with Gasteiger partial charge in [-0.15, -0.1) is 0 Å². The largest absolute Gasteiger partial charge is 0.490 e. The number of hydrogen-bond donors (Lipinski definition) is 0. The minimum atomic E-state index is -1.70. The lowest BCUT2D eigenvalue weighted by Gasteiger charge is -2.22. The van der Waals surface area contributed by atoms with Crippen LogP contribution in [0.1, 0.15) is 0 Å². The van der Waals surface area contributed by atoms with Gasteiger partial charge in [0.1, 0.15) is 23.5 Å². The second-order valence-electron chi connectivity index (χ2n) is 13.9. The van der Waals surface area contributed by atoms with Crippen molar-refractivity contribution >= 4 is 75.6 Å². The molecule has 0 radical (unpaired) electrons. The maximum Gasteiger partial charge on any atom is 0.387 e. The first-order chi connectivity index (χ1) is 30.3. The fraction of sp³-hybridized carbons (Fsp3) is 0.240. The fourth-order valence-electron chi connectivity index (χ4n) is 7.11. The second kappa shape index (κ2) is 22.7. The van der Waals surface area contributed by atoms with Gasteiger partial charge in [-0.1, -0.05) is 140 Å². The normalized spacial score (nSPS) is 11.6. The van der Waals surface area contributed by atoms with Crippen molar-refractivity contribution in [3.63, 3.8) is 0 Å². The lowest BCUT2D eigenvalue weighted by Crippen LogP contribution is -2.23. The van der Waals surface area contributed by atoms with Crippen LogP contribution in [0.4, 0.5) is 0 Å². The molecule has 7 aromatic carbocycles. The van der Waals surface area contributed by atoms with Gasteiger partial charge in [0, 0.05) is 16.1 Å². The molecule has 11 heteroatoms. The van der Waals surface area contributed by atoms with Gasteiger partial charge in [0.15, 0.2) is 0 Å². The third-order valence-corrected chi connectivity index (χ3v) is 13.5. The van der Waals surface area contributed by atoms with E-state index in [2.05, 4.69) is 121 Å². The van der Waals surface area contributed by atoms with Crippen molar-refractivity contribution in [1.82, 2.24) is 0 Å². The molecule has 9 nitrogen and oxygen atoms in total. The van der Waals surface area contributed by atoms with E-state index in [1.165, 1.54) is 15.9 Å². The van der Waals surface area contributed by atoms with E-state index in [0.717, 1.165) is 49.2 Å². The summed E-state index contributed by atoms with van der Waals surface area (Å²) in [5, 5.41) is 10.3. The lowest BCUT2D eigenvalue weighted by atomic mass is 9.99. The van der Waals surface area contributed by atoms with Gasteiger partial charge in [0.05, 0.1) is 72.7 Å². The van der Waals surface area contributed by atoms with E-state index >= 15 is 0 Å². The zero-order valence-corrected chi connectivity index (χ0v) is 35.9. The predicted molar refractivity (Wildman–Crippen MR) is 248 cm³/mol. The maximum absolute atomic E-state index is 6.38. The first-order valence-corrected chi connectivity index (χ1v) is 23.1. The Bertz CT molecular complexity index is 2480. The van der Waals surface area contributed by atoms with Gasteiger partial charge in [-0.25, -0.2) is 0 Å². The summed E-state index contributed by atoms with van der Waals surface area (Å²) in [6, 6.07) is 54.4. The molecule has 0 spiro atoms. The molecule has 0 amide bonds. The molecule has 0 fully saturated rings. The molecular weight excluding hydrogens is 806 g/mol. The van der Waals surface area contributed by atoms with Crippen molar-refractivity contribution in [2.75, 3.05) is 79.3 Å². The summed E-state index contributed by atoms with van der Waals surface area (Å²) in [5.41, 5.74) is 1.48. The van der Waals surface area contributed by atoms with E-state index in [-0.39, 0.29) is 0 Å². The number of benzene rings is 7. The van der Waals surface area contributed by atoms with Crippen LogP contribution < -0.4 is 25.2 Å². The highest BCUT2D eigenvalue weighted by Crippen LogP contribution is 2.40. The van der Waals surface area contributed by atoms with Crippen LogP contribution >= 0.6 is 16.2 Å². The Morgan fingerprint density at radius 1 is 0.377 bits per heavy atom. The summed E-state index contributed by atoms with van der Waals surface area (Å²) in [6.45, 7) is 5.41. The maximum atomic E-state index is 6.38. The molecule has 0 unspecified atom stereocenters. The number of rotatable bonds is 23. The highest BCUT2D eigenvalue weighted by Gasteiger charge is 2.20. The van der Waals surface area contributed by atoms with E-state index in [9.17, 15) is 0 Å². The van der Waals surface area contributed by atoms with Crippen LogP contribution in [0.15, 0.2) is 166 Å². The average molecular weight is 857 g/mol. The van der Waals surface area contributed by atoms with Crippen molar-refractivity contribution in [3.8, 4) is 5.75 Å². The summed E-state index contributed by atoms with van der Waals surface area (Å²) in [6.07, 6.45) is 0. The van der Waals surface area contributed by atoms with Crippen LogP contribution in [0.2, 0.25) is 0 Å². The first kappa shape index (κ1) is 42.6. The summed E-state index contributed by atoms with van der Waals surface area (Å²) in [4.78, 5) is 0. The van der Waals surface area contributed by atoms with Gasteiger partial charge >= 0.3 is 8.24 Å². The smallest absolute Gasteiger partial charge is 0.387 e. The summed E-state index contributed by atoms with van der Waals surface area (Å²) in [7, 11) is -2.46. The molecule has 1 heterocycles. The Morgan fingerprint density at radius 3 is 1.30 bits per heavy atom. The molecule has 0 N–H and O–H groups in total. The summed E-state index contributed by atoms with van der Waals surface area (Å²) in [5.74, 6) is 0.888. The van der Waals surface area contributed by atoms with Crippen LogP contribution in [0.3, 0.4) is 0 Å². The number of fused-ring (bicyclic) bond motifs is 7. The molecule has 0 atom stereocenters. The molecule has 0 aliphatic heterocycles. The molecule has 0 saturated carbocycles. The molecule has 1 aromatic heterocycles. The number of hydrogen-bond acceptors (Lipinski definition) is 9. The third kappa shape index (κ3) is 11.5. The standard InChI is InChI=1S/C50H50O9P2/c1-3-15-41(16-4-1)60(42-17-5-2-6-18-42)48-22-12-11-21-45(48)56-37-35-54-33-31-52-29-27-51-28-30-53-32-34-55-36-38-57-61-58-46-25-23-39-13-7-9-19-43(39)49(46)50-44-20-10-8-14-40(44)24-26-47(50)59-61/h1-26H,27-38H2. The molecule has 0 aliphatic carbocycles. The van der Waals surface area contributed by atoms with Crippen LogP contribution in [-0.4, -0.2) is 79.3 Å². The van der Waals surface area contributed by atoms with Gasteiger partial charge in [0.25, 0.3) is 0 Å². The SMILES string of the molecule is c1ccc(P(c2ccccc2)c2ccccc2OCCOCCOCCOCCOCCOCCOp2oc3ccc4ccccc4c3c3c(ccc4ccccc43)o2)cc1. The average Bonchev–Trinajstić information content (AvgIpc) is 3.48. The molecular formula is C50H50O9P2. The zero-order chi connectivity index (χ0) is 41.3. The Kier molecular flexibility index (Phi) is 15.9. The molecule has 8 aromatic rings. The Balaban J connectivity index is 0.676. The van der Waals surface area contributed by atoms with Crippen LogP contribution in [0, 0.1) is 0 Å². The number of ether oxygens (including phenoxy) is 6. The van der Waals surface area contributed by atoms with Crippen molar-refractivity contribution < 1.29 is 41.3 Å². The second-order valence-corrected chi connectivity index (χ2v) is 17.2. The molecule has 0 saturated heterocycles. The Labute approximate surface area is 358 Å². The monoisotopic (exact) mass is 856 g/mol. The quantitative estimate of drug-likeness (QED) is 0.0461. The minimum Gasteiger partial charge on any atom is -0.490 e. The Morgan fingerprint density at radius 2 is 0.787 bits per heavy atom. The first-order valence-electron chi connectivity index (χ1n) is 20.7. The highest BCUT2D eigenvalue weighted by atomic mass is 31.1. The van der Waals surface area contributed by atoms with Gasteiger partial charge < -0.3 is 36.8 Å².